The number of rotatable bonds is 1. The first-order valence-electron chi connectivity index (χ1n) is 4.03. The second-order valence-corrected chi connectivity index (χ2v) is 1.85. The monoisotopic (exact) mass is 141 g/mol. The van der Waals surface area contributed by atoms with Crippen LogP contribution in [0.2, 0.25) is 0 Å². The Balaban J connectivity index is 0. The zero-order chi connectivity index (χ0) is 7.82. The van der Waals surface area contributed by atoms with Gasteiger partial charge in [0.1, 0.15) is 0 Å². The first-order chi connectivity index (χ1) is 4.93. The van der Waals surface area contributed by atoms with Crippen LogP contribution in [-0.4, -0.2) is 6.54 Å². The van der Waals surface area contributed by atoms with Gasteiger partial charge in [0.15, 0.2) is 0 Å². The van der Waals surface area contributed by atoms with E-state index in [9.17, 15) is 0 Å². The van der Waals surface area contributed by atoms with Crippen LogP contribution in [-0.2, 0) is 0 Å². The molecule has 0 spiro atoms. The van der Waals surface area contributed by atoms with Crippen molar-refractivity contribution in [3.05, 3.63) is 23.9 Å². The average molecular weight is 141 g/mol. The topological polar surface area (TPSA) is 12.0 Å². The molecule has 0 atom stereocenters. The van der Waals surface area contributed by atoms with Gasteiger partial charge in [-0.25, -0.2) is 0 Å². The Morgan fingerprint density at radius 2 is 2.30 bits per heavy atom. The van der Waals surface area contributed by atoms with Crippen LogP contribution in [0.5, 0.6) is 0 Å². The maximum atomic E-state index is 3.24. The molecule has 1 nitrogen and oxygen atoms in total. The molecule has 0 saturated carbocycles. The second kappa shape index (κ2) is 6.40. The summed E-state index contributed by atoms with van der Waals surface area (Å²) in [6.07, 6.45) is 7.43. The Morgan fingerprint density at radius 3 is 2.60 bits per heavy atom. The van der Waals surface area contributed by atoms with Crippen LogP contribution in [0.25, 0.3) is 0 Å². The van der Waals surface area contributed by atoms with E-state index in [1.165, 1.54) is 5.70 Å². The highest BCUT2D eigenvalue weighted by Crippen LogP contribution is 1.98. The standard InChI is InChI=1S/C7H11N.C2H6.H2/c1-2-7-5-3-4-6-8-7;1-2;/h3-5,8H,2,6H2,1H3;1-2H3;1H. The molecule has 60 valence electrons. The second-order valence-electron chi connectivity index (χ2n) is 1.85. The van der Waals surface area contributed by atoms with Crippen LogP contribution < -0.4 is 5.32 Å². The molecule has 0 amide bonds. The number of hydrogen-bond donors (Lipinski definition) is 1. The van der Waals surface area contributed by atoms with Gasteiger partial charge in [-0.2, -0.15) is 0 Å². The zero-order valence-corrected chi connectivity index (χ0v) is 7.15. The van der Waals surface area contributed by atoms with Gasteiger partial charge in [0.25, 0.3) is 0 Å². The summed E-state index contributed by atoms with van der Waals surface area (Å²) < 4.78 is 0. The van der Waals surface area contributed by atoms with Crippen molar-refractivity contribution in [1.82, 2.24) is 5.32 Å². The highest BCUT2D eigenvalue weighted by atomic mass is 14.9. The molecular formula is C9H19N. The first-order valence-corrected chi connectivity index (χ1v) is 4.03. The lowest BCUT2D eigenvalue weighted by Crippen LogP contribution is -2.14. The maximum absolute atomic E-state index is 3.24. The van der Waals surface area contributed by atoms with E-state index < -0.39 is 0 Å². The predicted octanol–water partition coefficient (Wildman–Crippen LogP) is 2.71. The quantitative estimate of drug-likeness (QED) is 0.592. The molecule has 0 unspecified atom stereocenters. The molecule has 1 aliphatic rings. The van der Waals surface area contributed by atoms with E-state index in [4.69, 9.17) is 0 Å². The van der Waals surface area contributed by atoms with Crippen LogP contribution in [0.3, 0.4) is 0 Å². The molecule has 0 aromatic heterocycles. The fourth-order valence-electron chi connectivity index (χ4n) is 0.744. The Labute approximate surface area is 65.3 Å². The van der Waals surface area contributed by atoms with Crippen molar-refractivity contribution in [2.75, 3.05) is 6.54 Å². The molecule has 1 aliphatic heterocycles. The van der Waals surface area contributed by atoms with E-state index in [1.54, 1.807) is 0 Å². The smallest absolute Gasteiger partial charge is 0.0330 e. The van der Waals surface area contributed by atoms with Crippen LogP contribution in [0.15, 0.2) is 23.9 Å². The molecule has 0 aromatic rings. The molecule has 0 aromatic carbocycles. The van der Waals surface area contributed by atoms with Crippen LogP contribution >= 0.6 is 0 Å². The lowest BCUT2D eigenvalue weighted by Gasteiger charge is -2.07. The SMILES string of the molecule is CC.CCC1=CC=CCN1.[HH]. The maximum Gasteiger partial charge on any atom is 0.0330 e. The molecule has 1 N–H and O–H groups in total. The summed E-state index contributed by atoms with van der Waals surface area (Å²) >= 11 is 0. The van der Waals surface area contributed by atoms with Crippen molar-refractivity contribution in [3.63, 3.8) is 0 Å². The van der Waals surface area contributed by atoms with Crippen LogP contribution in [0.1, 0.15) is 28.6 Å². The minimum absolute atomic E-state index is 0. The van der Waals surface area contributed by atoms with Gasteiger partial charge < -0.3 is 5.32 Å². The van der Waals surface area contributed by atoms with E-state index in [0.717, 1.165) is 13.0 Å². The largest absolute Gasteiger partial charge is 0.385 e. The van der Waals surface area contributed by atoms with Gasteiger partial charge in [-0.1, -0.05) is 32.9 Å². The molecule has 0 fully saturated rings. The third-order valence-corrected chi connectivity index (χ3v) is 1.26. The van der Waals surface area contributed by atoms with Crippen LogP contribution in [0, 0.1) is 0 Å². The van der Waals surface area contributed by atoms with Gasteiger partial charge in [0.05, 0.1) is 0 Å². The Bertz CT molecular complexity index is 128. The summed E-state index contributed by atoms with van der Waals surface area (Å²) in [4.78, 5) is 0. The summed E-state index contributed by atoms with van der Waals surface area (Å²) in [5, 5.41) is 3.24. The van der Waals surface area contributed by atoms with Gasteiger partial charge in [0, 0.05) is 13.7 Å². The molecule has 0 radical (unpaired) electrons. The van der Waals surface area contributed by atoms with Crippen molar-refractivity contribution in [3.8, 4) is 0 Å². The highest BCUT2D eigenvalue weighted by Gasteiger charge is 1.90. The van der Waals surface area contributed by atoms with Gasteiger partial charge in [0.2, 0.25) is 0 Å². The number of allylic oxidation sites excluding steroid dienone is 3. The summed E-state index contributed by atoms with van der Waals surface area (Å²) in [6.45, 7) is 7.15. The molecule has 1 rings (SSSR count). The van der Waals surface area contributed by atoms with E-state index in [0.29, 0.717) is 0 Å². The summed E-state index contributed by atoms with van der Waals surface area (Å²) in [5.74, 6) is 0. The van der Waals surface area contributed by atoms with Crippen molar-refractivity contribution < 1.29 is 1.43 Å². The van der Waals surface area contributed by atoms with Crippen molar-refractivity contribution in [1.29, 1.82) is 0 Å². The van der Waals surface area contributed by atoms with E-state index in [2.05, 4.69) is 30.5 Å². The third kappa shape index (κ3) is 3.33. The Kier molecular flexibility index (Phi) is 5.94. The van der Waals surface area contributed by atoms with Crippen molar-refractivity contribution in [2.24, 2.45) is 0 Å². The summed E-state index contributed by atoms with van der Waals surface area (Å²) in [7, 11) is 0. The van der Waals surface area contributed by atoms with E-state index in [-0.39, 0.29) is 1.43 Å². The third-order valence-electron chi connectivity index (χ3n) is 1.26. The summed E-state index contributed by atoms with van der Waals surface area (Å²) in [6, 6.07) is 0. The minimum Gasteiger partial charge on any atom is -0.385 e. The number of dihydropyridines is 1. The molecule has 0 bridgehead atoms. The molecule has 0 aliphatic carbocycles. The molecule has 1 heteroatoms. The molecule has 0 saturated heterocycles. The van der Waals surface area contributed by atoms with Gasteiger partial charge in [-0.15, -0.1) is 0 Å². The Hall–Kier alpha value is -0.720. The molecule has 10 heavy (non-hydrogen) atoms. The minimum atomic E-state index is 0. The average Bonchev–Trinajstić information content (AvgIpc) is 2.10. The van der Waals surface area contributed by atoms with Crippen LogP contribution in [0.4, 0.5) is 0 Å². The highest BCUT2D eigenvalue weighted by molar-refractivity contribution is 5.15. The lowest BCUT2D eigenvalue weighted by molar-refractivity contribution is 0.832. The van der Waals surface area contributed by atoms with E-state index >= 15 is 0 Å². The number of hydrogen-bond acceptors (Lipinski definition) is 1. The lowest BCUT2D eigenvalue weighted by atomic mass is 10.2. The zero-order valence-electron chi connectivity index (χ0n) is 7.15. The Morgan fingerprint density at radius 1 is 1.60 bits per heavy atom. The van der Waals surface area contributed by atoms with Crippen molar-refractivity contribution >= 4 is 0 Å². The van der Waals surface area contributed by atoms with Crippen molar-refractivity contribution in [2.45, 2.75) is 27.2 Å². The normalized spacial score (nSPS) is 14.5. The molecule has 1 heterocycles. The number of nitrogens with one attached hydrogen (secondary N) is 1. The fourth-order valence-corrected chi connectivity index (χ4v) is 0.744. The van der Waals surface area contributed by atoms with Gasteiger partial charge in [-0.05, 0) is 12.5 Å². The van der Waals surface area contributed by atoms with E-state index in [1.807, 2.05) is 13.8 Å². The fraction of sp³-hybridized carbons (Fsp3) is 0.556. The van der Waals surface area contributed by atoms with Gasteiger partial charge in [-0.3, -0.25) is 0 Å². The van der Waals surface area contributed by atoms with Gasteiger partial charge >= 0.3 is 0 Å². The summed E-state index contributed by atoms with van der Waals surface area (Å²) in [5.41, 5.74) is 1.34. The predicted molar refractivity (Wildman–Crippen MR) is 49.0 cm³/mol. The first kappa shape index (κ1) is 9.28. The molecular weight excluding hydrogens is 122 g/mol.